The van der Waals surface area contributed by atoms with Gasteiger partial charge in [-0.3, -0.25) is 9.59 Å². The van der Waals surface area contributed by atoms with Crippen LogP contribution in [0.3, 0.4) is 0 Å². The molecule has 0 bridgehead atoms. The molecular weight excluding hydrogens is 210 g/mol. The molecule has 1 heterocycles. The first kappa shape index (κ1) is 13.0. The minimum absolute atomic E-state index is 0.00672. The van der Waals surface area contributed by atoms with E-state index < -0.39 is 5.97 Å². The van der Waals surface area contributed by atoms with Crippen LogP contribution in [0.1, 0.15) is 39.0 Å². The number of hydrogen-bond acceptors (Lipinski definition) is 3. The monoisotopic (exact) mass is 229 g/mol. The maximum Gasteiger partial charge on any atom is 0.303 e. The van der Waals surface area contributed by atoms with E-state index in [0.717, 1.165) is 6.42 Å². The summed E-state index contributed by atoms with van der Waals surface area (Å²) in [5, 5.41) is 11.3. The summed E-state index contributed by atoms with van der Waals surface area (Å²) >= 11 is 0. The smallest absolute Gasteiger partial charge is 0.303 e. The summed E-state index contributed by atoms with van der Waals surface area (Å²) < 4.78 is 5.33. The van der Waals surface area contributed by atoms with Gasteiger partial charge in [0, 0.05) is 19.4 Å². The zero-order valence-corrected chi connectivity index (χ0v) is 9.57. The average molecular weight is 229 g/mol. The van der Waals surface area contributed by atoms with Crippen LogP contribution in [0.5, 0.6) is 0 Å². The van der Waals surface area contributed by atoms with Crippen molar-refractivity contribution in [2.24, 2.45) is 0 Å². The summed E-state index contributed by atoms with van der Waals surface area (Å²) in [5.41, 5.74) is 0. The predicted molar refractivity (Wildman–Crippen MR) is 58.1 cm³/mol. The number of amides is 1. The summed E-state index contributed by atoms with van der Waals surface area (Å²) in [5.74, 6) is -0.814. The lowest BCUT2D eigenvalue weighted by molar-refractivity contribution is -0.137. The molecule has 0 radical (unpaired) electrons. The highest BCUT2D eigenvalue weighted by Gasteiger charge is 2.25. The molecule has 1 fully saturated rings. The van der Waals surface area contributed by atoms with E-state index in [-0.39, 0.29) is 24.5 Å². The molecule has 1 amide bonds. The van der Waals surface area contributed by atoms with Gasteiger partial charge in [-0.25, -0.2) is 0 Å². The summed E-state index contributed by atoms with van der Waals surface area (Å²) in [6, 6.07) is 0.118. The van der Waals surface area contributed by atoms with E-state index in [2.05, 4.69) is 5.32 Å². The van der Waals surface area contributed by atoms with Crippen LogP contribution >= 0.6 is 0 Å². The second-order valence-electron chi connectivity index (χ2n) is 4.14. The Balaban J connectivity index is 2.08. The van der Waals surface area contributed by atoms with Crippen molar-refractivity contribution in [3.8, 4) is 0 Å². The van der Waals surface area contributed by atoms with Gasteiger partial charge in [0.25, 0.3) is 0 Å². The van der Waals surface area contributed by atoms with Crippen LogP contribution in [0.4, 0.5) is 0 Å². The number of rotatable bonds is 6. The summed E-state index contributed by atoms with van der Waals surface area (Å²) in [6.45, 7) is 2.65. The zero-order chi connectivity index (χ0) is 12.0. The van der Waals surface area contributed by atoms with Crippen molar-refractivity contribution in [2.75, 3.05) is 6.61 Å². The molecule has 0 saturated carbocycles. The van der Waals surface area contributed by atoms with Crippen LogP contribution in [0.25, 0.3) is 0 Å². The molecule has 0 aliphatic carbocycles. The molecule has 1 aliphatic heterocycles. The molecule has 92 valence electrons. The predicted octanol–water partition coefficient (Wildman–Crippen LogP) is 0.925. The Bertz CT molecular complexity index is 254. The van der Waals surface area contributed by atoms with Crippen molar-refractivity contribution in [1.29, 1.82) is 0 Å². The molecule has 1 saturated heterocycles. The molecule has 1 aliphatic rings. The molecule has 2 unspecified atom stereocenters. The third-order valence-electron chi connectivity index (χ3n) is 2.77. The van der Waals surface area contributed by atoms with Crippen LogP contribution < -0.4 is 5.32 Å². The number of aliphatic carboxylic acids is 1. The van der Waals surface area contributed by atoms with Crippen LogP contribution in [-0.2, 0) is 14.3 Å². The van der Waals surface area contributed by atoms with Crippen molar-refractivity contribution < 1.29 is 19.4 Å². The van der Waals surface area contributed by atoms with Crippen molar-refractivity contribution in [3.05, 3.63) is 0 Å². The van der Waals surface area contributed by atoms with Gasteiger partial charge >= 0.3 is 5.97 Å². The van der Waals surface area contributed by atoms with Gasteiger partial charge in [0.2, 0.25) is 5.91 Å². The van der Waals surface area contributed by atoms with E-state index in [0.29, 0.717) is 25.9 Å². The highest BCUT2D eigenvalue weighted by molar-refractivity contribution is 5.76. The first-order valence-corrected chi connectivity index (χ1v) is 5.72. The van der Waals surface area contributed by atoms with Gasteiger partial charge in [-0.2, -0.15) is 0 Å². The minimum atomic E-state index is -0.807. The first-order valence-electron chi connectivity index (χ1n) is 5.72. The molecule has 2 atom stereocenters. The van der Waals surface area contributed by atoms with E-state index in [1.165, 1.54) is 0 Å². The maximum absolute atomic E-state index is 11.5. The highest BCUT2D eigenvalue weighted by Crippen LogP contribution is 2.12. The molecule has 0 spiro atoms. The molecular formula is C11H19NO4. The van der Waals surface area contributed by atoms with Crippen molar-refractivity contribution in [1.82, 2.24) is 5.32 Å². The second-order valence-corrected chi connectivity index (χ2v) is 4.14. The van der Waals surface area contributed by atoms with Gasteiger partial charge < -0.3 is 15.2 Å². The quantitative estimate of drug-likeness (QED) is 0.664. The third kappa shape index (κ3) is 4.61. The lowest BCUT2D eigenvalue weighted by atomic mass is 10.1. The normalized spacial score (nSPS) is 24.3. The SMILES string of the molecule is CC1OCCC1NC(=O)CCCCC(=O)O. The number of ether oxygens (including phenoxy) is 1. The Labute approximate surface area is 95.2 Å². The number of hydrogen-bond donors (Lipinski definition) is 2. The van der Waals surface area contributed by atoms with Crippen LogP contribution in [0.15, 0.2) is 0 Å². The van der Waals surface area contributed by atoms with Gasteiger partial charge in [-0.05, 0) is 26.2 Å². The van der Waals surface area contributed by atoms with E-state index in [9.17, 15) is 9.59 Å². The van der Waals surface area contributed by atoms with Gasteiger partial charge in [-0.1, -0.05) is 0 Å². The number of carboxylic acids is 1. The number of unbranched alkanes of at least 4 members (excludes halogenated alkanes) is 1. The fourth-order valence-corrected chi connectivity index (χ4v) is 1.76. The molecule has 0 aromatic carbocycles. The Morgan fingerprint density at radius 2 is 2.06 bits per heavy atom. The average Bonchev–Trinajstić information content (AvgIpc) is 2.59. The first-order chi connectivity index (χ1) is 7.59. The van der Waals surface area contributed by atoms with E-state index in [1.807, 2.05) is 6.92 Å². The summed E-state index contributed by atoms with van der Waals surface area (Å²) in [6.07, 6.45) is 2.66. The van der Waals surface area contributed by atoms with Crippen molar-refractivity contribution in [2.45, 2.75) is 51.2 Å². The van der Waals surface area contributed by atoms with Crippen LogP contribution in [0, 0.1) is 0 Å². The van der Waals surface area contributed by atoms with Gasteiger partial charge in [-0.15, -0.1) is 0 Å². The Hall–Kier alpha value is -1.10. The number of carbonyl (C=O) groups is 2. The lowest BCUT2D eigenvalue weighted by Crippen LogP contribution is -2.39. The number of nitrogens with one attached hydrogen (secondary N) is 1. The minimum Gasteiger partial charge on any atom is -0.481 e. The Morgan fingerprint density at radius 3 is 2.62 bits per heavy atom. The third-order valence-corrected chi connectivity index (χ3v) is 2.77. The van der Waals surface area contributed by atoms with Crippen LogP contribution in [0.2, 0.25) is 0 Å². The van der Waals surface area contributed by atoms with Gasteiger partial charge in [0.1, 0.15) is 0 Å². The fourth-order valence-electron chi connectivity index (χ4n) is 1.76. The molecule has 1 rings (SSSR count). The molecule has 16 heavy (non-hydrogen) atoms. The van der Waals surface area contributed by atoms with Gasteiger partial charge in [0.15, 0.2) is 0 Å². The maximum atomic E-state index is 11.5. The molecule has 0 aromatic rings. The van der Waals surface area contributed by atoms with Gasteiger partial charge in [0.05, 0.1) is 12.1 Å². The van der Waals surface area contributed by atoms with E-state index >= 15 is 0 Å². The summed E-state index contributed by atoms with van der Waals surface area (Å²) in [7, 11) is 0. The molecule has 2 N–H and O–H groups in total. The van der Waals surface area contributed by atoms with E-state index in [1.54, 1.807) is 0 Å². The number of carboxylic acid groups (broad SMARTS) is 1. The highest BCUT2D eigenvalue weighted by atomic mass is 16.5. The largest absolute Gasteiger partial charge is 0.481 e. The van der Waals surface area contributed by atoms with Crippen molar-refractivity contribution in [3.63, 3.8) is 0 Å². The topological polar surface area (TPSA) is 75.6 Å². The lowest BCUT2D eigenvalue weighted by Gasteiger charge is -2.15. The molecule has 0 aromatic heterocycles. The van der Waals surface area contributed by atoms with Crippen molar-refractivity contribution >= 4 is 11.9 Å². The number of carbonyl (C=O) groups excluding carboxylic acids is 1. The molecule has 5 nitrogen and oxygen atoms in total. The Morgan fingerprint density at radius 1 is 1.38 bits per heavy atom. The second kappa shape index (κ2) is 6.48. The fraction of sp³-hybridized carbons (Fsp3) is 0.818. The van der Waals surface area contributed by atoms with E-state index in [4.69, 9.17) is 9.84 Å². The summed E-state index contributed by atoms with van der Waals surface area (Å²) in [4.78, 5) is 21.7. The Kier molecular flexibility index (Phi) is 5.25. The molecule has 5 heteroatoms. The standard InChI is InChI=1S/C11H19NO4/c1-8-9(6-7-16-8)12-10(13)4-2-3-5-11(14)15/h8-9H,2-7H2,1H3,(H,12,13)(H,14,15). The van der Waals surface area contributed by atoms with Crippen LogP contribution in [-0.4, -0.2) is 35.7 Å². The zero-order valence-electron chi connectivity index (χ0n) is 9.57.